The first-order valence-electron chi connectivity index (χ1n) is 6.10. The lowest BCUT2D eigenvalue weighted by Crippen LogP contribution is -2.27. The van der Waals surface area contributed by atoms with Crippen LogP contribution in [-0.4, -0.2) is 49.7 Å². The van der Waals surface area contributed by atoms with Crippen LogP contribution in [0.15, 0.2) is 23.1 Å². The van der Waals surface area contributed by atoms with Crippen LogP contribution in [0.4, 0.5) is 0 Å². The number of hydrogen-bond donors (Lipinski definition) is 2. The van der Waals surface area contributed by atoms with Crippen molar-refractivity contribution in [3.8, 4) is 0 Å². The molecule has 1 aromatic rings. The molecule has 2 N–H and O–H groups in total. The van der Waals surface area contributed by atoms with E-state index >= 15 is 0 Å². The third kappa shape index (κ3) is 5.76. The van der Waals surface area contributed by atoms with Gasteiger partial charge in [-0.15, -0.1) is 11.8 Å². The van der Waals surface area contributed by atoms with Crippen molar-refractivity contribution in [3.05, 3.63) is 29.3 Å². The Labute approximate surface area is 127 Å². The number of thioether (sulfide) groups is 1. The van der Waals surface area contributed by atoms with Gasteiger partial charge in [-0.25, -0.2) is 8.42 Å². The van der Waals surface area contributed by atoms with Crippen molar-refractivity contribution in [2.75, 3.05) is 24.3 Å². The summed E-state index contributed by atoms with van der Waals surface area (Å²) in [6, 6.07) is 4.40. The summed E-state index contributed by atoms with van der Waals surface area (Å²) in [5.74, 6) is -0.807. The smallest absolute Gasteiger partial charge is 0.313 e. The van der Waals surface area contributed by atoms with E-state index in [2.05, 4.69) is 5.32 Å². The Morgan fingerprint density at radius 1 is 1.33 bits per heavy atom. The SMILES string of the molecule is Cc1ccc(S(C)(=O)=O)cc1C(=O)NCCSCC(=O)O. The first-order chi connectivity index (χ1) is 9.71. The summed E-state index contributed by atoms with van der Waals surface area (Å²) in [6.07, 6.45) is 1.09. The number of amides is 1. The molecule has 0 bridgehead atoms. The molecule has 0 aliphatic rings. The van der Waals surface area contributed by atoms with E-state index in [1.807, 2.05) is 0 Å². The quantitative estimate of drug-likeness (QED) is 0.721. The molecule has 0 aromatic heterocycles. The summed E-state index contributed by atoms with van der Waals surface area (Å²) >= 11 is 1.20. The Kier molecular flexibility index (Phi) is 6.22. The third-order valence-electron chi connectivity index (χ3n) is 2.64. The molecule has 0 fully saturated rings. The van der Waals surface area contributed by atoms with Crippen LogP contribution in [0.2, 0.25) is 0 Å². The minimum Gasteiger partial charge on any atom is -0.481 e. The van der Waals surface area contributed by atoms with Gasteiger partial charge >= 0.3 is 5.97 Å². The van der Waals surface area contributed by atoms with Crippen LogP contribution in [0.3, 0.4) is 0 Å². The number of benzene rings is 1. The molecule has 0 saturated heterocycles. The van der Waals surface area contributed by atoms with Crippen molar-refractivity contribution in [2.45, 2.75) is 11.8 Å². The van der Waals surface area contributed by atoms with Gasteiger partial charge in [0, 0.05) is 24.1 Å². The molecule has 0 aliphatic carbocycles. The number of hydrogen-bond acceptors (Lipinski definition) is 5. The van der Waals surface area contributed by atoms with Crippen molar-refractivity contribution in [3.63, 3.8) is 0 Å². The molecule has 0 unspecified atom stereocenters. The molecule has 0 heterocycles. The lowest BCUT2D eigenvalue weighted by atomic mass is 10.1. The van der Waals surface area contributed by atoms with Crippen LogP contribution >= 0.6 is 11.8 Å². The summed E-state index contributed by atoms with van der Waals surface area (Å²) in [4.78, 5) is 22.4. The summed E-state index contributed by atoms with van der Waals surface area (Å²) in [6.45, 7) is 2.04. The second kappa shape index (κ2) is 7.46. The molecule has 6 nitrogen and oxygen atoms in total. The average Bonchev–Trinajstić information content (AvgIpc) is 2.36. The fourth-order valence-electron chi connectivity index (χ4n) is 1.57. The van der Waals surface area contributed by atoms with Gasteiger partial charge in [0.2, 0.25) is 0 Å². The number of nitrogens with one attached hydrogen (secondary N) is 1. The zero-order chi connectivity index (χ0) is 16.0. The van der Waals surface area contributed by atoms with E-state index in [4.69, 9.17) is 5.11 Å². The fraction of sp³-hybridized carbons (Fsp3) is 0.385. The number of carbonyl (C=O) groups excluding carboxylic acids is 1. The topological polar surface area (TPSA) is 101 Å². The normalized spacial score (nSPS) is 11.1. The van der Waals surface area contributed by atoms with E-state index in [-0.39, 0.29) is 16.6 Å². The number of carboxylic acid groups (broad SMARTS) is 1. The highest BCUT2D eigenvalue weighted by atomic mass is 32.2. The van der Waals surface area contributed by atoms with E-state index in [9.17, 15) is 18.0 Å². The molecule has 0 spiro atoms. The van der Waals surface area contributed by atoms with Gasteiger partial charge in [0.05, 0.1) is 10.6 Å². The third-order valence-corrected chi connectivity index (χ3v) is 4.69. The molecular formula is C13H17NO5S2. The molecule has 1 amide bonds. The largest absolute Gasteiger partial charge is 0.481 e. The highest BCUT2D eigenvalue weighted by molar-refractivity contribution is 7.99. The molecule has 0 radical (unpaired) electrons. The van der Waals surface area contributed by atoms with Crippen LogP contribution in [0.25, 0.3) is 0 Å². The van der Waals surface area contributed by atoms with Gasteiger partial charge in [-0.05, 0) is 24.6 Å². The highest BCUT2D eigenvalue weighted by Crippen LogP contribution is 2.15. The molecule has 0 saturated carbocycles. The molecule has 8 heteroatoms. The Balaban J connectivity index is 2.68. The highest BCUT2D eigenvalue weighted by Gasteiger charge is 2.14. The van der Waals surface area contributed by atoms with E-state index < -0.39 is 15.8 Å². The second-order valence-corrected chi connectivity index (χ2v) is 7.57. The van der Waals surface area contributed by atoms with Crippen molar-refractivity contribution in [1.29, 1.82) is 0 Å². The number of aliphatic carboxylic acids is 1. The first-order valence-corrected chi connectivity index (χ1v) is 9.15. The number of rotatable bonds is 7. The second-order valence-electron chi connectivity index (χ2n) is 4.45. The summed E-state index contributed by atoms with van der Waals surface area (Å²) < 4.78 is 23.0. The molecule has 0 atom stereocenters. The van der Waals surface area contributed by atoms with Crippen molar-refractivity contribution >= 4 is 33.5 Å². The van der Waals surface area contributed by atoms with Gasteiger partial charge < -0.3 is 10.4 Å². The summed E-state index contributed by atoms with van der Waals surface area (Å²) in [5.41, 5.74) is 0.985. The Bertz CT molecular complexity index is 640. The minimum atomic E-state index is -3.36. The molecule has 116 valence electrons. The zero-order valence-electron chi connectivity index (χ0n) is 11.8. The molecular weight excluding hydrogens is 314 g/mol. The van der Waals surface area contributed by atoms with Crippen LogP contribution in [0.1, 0.15) is 15.9 Å². The maximum Gasteiger partial charge on any atom is 0.313 e. The standard InChI is InChI=1S/C13H17NO5S2/c1-9-3-4-10(21(2,18)19)7-11(9)13(17)14-5-6-20-8-12(15)16/h3-4,7H,5-6,8H2,1-2H3,(H,14,17)(H,15,16). The molecule has 21 heavy (non-hydrogen) atoms. The lowest BCUT2D eigenvalue weighted by molar-refractivity contribution is -0.133. The van der Waals surface area contributed by atoms with Crippen LogP contribution in [0.5, 0.6) is 0 Å². The van der Waals surface area contributed by atoms with E-state index in [1.54, 1.807) is 13.0 Å². The van der Waals surface area contributed by atoms with Gasteiger partial charge in [-0.1, -0.05) is 6.07 Å². The van der Waals surface area contributed by atoms with Gasteiger partial charge in [-0.2, -0.15) is 0 Å². The first kappa shape index (κ1) is 17.5. The van der Waals surface area contributed by atoms with Gasteiger partial charge in [0.15, 0.2) is 9.84 Å². The van der Waals surface area contributed by atoms with E-state index in [0.29, 0.717) is 23.4 Å². The Morgan fingerprint density at radius 2 is 2.00 bits per heavy atom. The lowest BCUT2D eigenvalue weighted by Gasteiger charge is -2.09. The summed E-state index contributed by atoms with van der Waals surface area (Å²) in [7, 11) is -3.36. The Morgan fingerprint density at radius 3 is 2.57 bits per heavy atom. The van der Waals surface area contributed by atoms with Crippen molar-refractivity contribution < 1.29 is 23.1 Å². The van der Waals surface area contributed by atoms with E-state index in [1.165, 1.54) is 23.9 Å². The van der Waals surface area contributed by atoms with Crippen LogP contribution in [0, 0.1) is 6.92 Å². The number of carboxylic acids is 1. The molecule has 1 aromatic carbocycles. The van der Waals surface area contributed by atoms with Crippen LogP contribution in [-0.2, 0) is 14.6 Å². The van der Waals surface area contributed by atoms with Gasteiger partial charge in [-0.3, -0.25) is 9.59 Å². The van der Waals surface area contributed by atoms with Crippen molar-refractivity contribution in [2.24, 2.45) is 0 Å². The Hall–Kier alpha value is -1.54. The predicted molar refractivity (Wildman–Crippen MR) is 81.6 cm³/mol. The fourth-order valence-corrected chi connectivity index (χ4v) is 2.78. The van der Waals surface area contributed by atoms with Gasteiger partial charge in [0.1, 0.15) is 0 Å². The maximum absolute atomic E-state index is 12.0. The monoisotopic (exact) mass is 331 g/mol. The molecule has 0 aliphatic heterocycles. The maximum atomic E-state index is 12.0. The van der Waals surface area contributed by atoms with Gasteiger partial charge in [0.25, 0.3) is 5.91 Å². The average molecular weight is 331 g/mol. The summed E-state index contributed by atoms with van der Waals surface area (Å²) in [5, 5.41) is 11.1. The number of sulfone groups is 1. The predicted octanol–water partition coefficient (Wildman–Crippen LogP) is 0.946. The number of carbonyl (C=O) groups is 2. The van der Waals surface area contributed by atoms with Crippen molar-refractivity contribution in [1.82, 2.24) is 5.32 Å². The number of aryl methyl sites for hydroxylation is 1. The zero-order valence-corrected chi connectivity index (χ0v) is 13.4. The minimum absolute atomic E-state index is 0.0154. The molecule has 1 rings (SSSR count). The van der Waals surface area contributed by atoms with Crippen LogP contribution < -0.4 is 5.32 Å². The van der Waals surface area contributed by atoms with E-state index in [0.717, 1.165) is 6.26 Å².